The second kappa shape index (κ2) is 3.25. The number of carbonyl (C=O) groups excluding carboxylic acids is 2. The minimum Gasteiger partial charge on any atom is -0.478 e. The zero-order valence-electron chi connectivity index (χ0n) is 6.74. The van der Waals surface area contributed by atoms with Gasteiger partial charge in [-0.15, -0.1) is 0 Å². The molecule has 1 aliphatic heterocycles. The summed E-state index contributed by atoms with van der Waals surface area (Å²) in [6, 6.07) is -0.422. The maximum absolute atomic E-state index is 11.0. The summed E-state index contributed by atoms with van der Waals surface area (Å²) >= 11 is 0. The van der Waals surface area contributed by atoms with E-state index in [2.05, 4.69) is 11.9 Å². The number of hydrogen-bond donors (Lipinski definition) is 1. The highest BCUT2D eigenvalue weighted by Gasteiger charge is 2.33. The van der Waals surface area contributed by atoms with Crippen molar-refractivity contribution in [3.8, 4) is 0 Å². The van der Waals surface area contributed by atoms with Crippen LogP contribution in [0.3, 0.4) is 0 Å². The van der Waals surface area contributed by atoms with Crippen molar-refractivity contribution in [2.24, 2.45) is 0 Å². The van der Waals surface area contributed by atoms with E-state index in [1.54, 1.807) is 6.92 Å². The molecule has 66 valence electrons. The molecule has 5 heteroatoms. The molecular formula is C7H10N2O3. The van der Waals surface area contributed by atoms with Crippen molar-refractivity contribution in [2.75, 3.05) is 6.54 Å². The third kappa shape index (κ3) is 1.39. The van der Waals surface area contributed by atoms with Gasteiger partial charge < -0.3 is 10.1 Å². The summed E-state index contributed by atoms with van der Waals surface area (Å²) in [7, 11) is 0. The van der Waals surface area contributed by atoms with Crippen LogP contribution in [0.1, 0.15) is 6.92 Å². The van der Waals surface area contributed by atoms with Gasteiger partial charge in [0.25, 0.3) is 5.91 Å². The first-order chi connectivity index (χ1) is 5.66. The van der Waals surface area contributed by atoms with Gasteiger partial charge in [-0.1, -0.05) is 6.58 Å². The van der Waals surface area contributed by atoms with Gasteiger partial charge in [-0.3, -0.25) is 4.79 Å². The second-order valence-electron chi connectivity index (χ2n) is 2.32. The van der Waals surface area contributed by atoms with E-state index in [1.807, 2.05) is 0 Å². The molecule has 1 heterocycles. The van der Waals surface area contributed by atoms with Crippen molar-refractivity contribution in [3.63, 3.8) is 0 Å². The lowest BCUT2D eigenvalue weighted by molar-refractivity contribution is -0.131. The summed E-state index contributed by atoms with van der Waals surface area (Å²) in [5.74, 6) is -0.283. The summed E-state index contributed by atoms with van der Waals surface area (Å²) in [4.78, 5) is 23.0. The summed E-state index contributed by atoms with van der Waals surface area (Å²) in [5.41, 5.74) is 0. The monoisotopic (exact) mass is 170 g/mol. The Labute approximate surface area is 70.0 Å². The summed E-state index contributed by atoms with van der Waals surface area (Å²) < 4.78 is 4.87. The molecule has 1 atom stereocenters. The Morgan fingerprint density at radius 1 is 1.75 bits per heavy atom. The molecule has 0 bridgehead atoms. The zero-order valence-corrected chi connectivity index (χ0v) is 6.74. The van der Waals surface area contributed by atoms with Gasteiger partial charge in [0.2, 0.25) is 0 Å². The minimum atomic E-state index is -0.586. The number of nitrogens with one attached hydrogen (secondary N) is 1. The average molecular weight is 170 g/mol. The van der Waals surface area contributed by atoms with E-state index in [4.69, 9.17) is 4.74 Å². The van der Waals surface area contributed by atoms with E-state index in [9.17, 15) is 9.59 Å². The fraction of sp³-hybridized carbons (Fsp3) is 0.429. The third-order valence-corrected chi connectivity index (χ3v) is 1.54. The van der Waals surface area contributed by atoms with Crippen LogP contribution in [-0.2, 0) is 9.53 Å². The Morgan fingerprint density at radius 2 is 2.42 bits per heavy atom. The molecule has 1 N–H and O–H groups in total. The van der Waals surface area contributed by atoms with Gasteiger partial charge >= 0.3 is 6.03 Å². The van der Waals surface area contributed by atoms with Crippen LogP contribution in [0.5, 0.6) is 0 Å². The number of nitrogens with zero attached hydrogens (tertiary/aromatic N) is 1. The molecular weight excluding hydrogens is 160 g/mol. The molecule has 3 amide bonds. The lowest BCUT2D eigenvalue weighted by Gasteiger charge is -2.19. The predicted molar refractivity (Wildman–Crippen MR) is 41.0 cm³/mol. The minimum absolute atomic E-state index is 0.0453. The number of carbonyl (C=O) groups is 2. The van der Waals surface area contributed by atoms with Gasteiger partial charge in [0, 0.05) is 0 Å². The Kier molecular flexibility index (Phi) is 2.32. The second-order valence-corrected chi connectivity index (χ2v) is 2.32. The Balaban J connectivity index is 2.65. The Bertz CT molecular complexity index is 211. The van der Waals surface area contributed by atoms with Crippen LogP contribution in [0, 0.1) is 0 Å². The molecule has 1 rings (SSSR count). The predicted octanol–water partition coefficient (Wildman–Crippen LogP) is 0.0443. The van der Waals surface area contributed by atoms with E-state index in [0.29, 0.717) is 0 Å². The van der Waals surface area contributed by atoms with Crippen LogP contribution >= 0.6 is 0 Å². The molecule has 0 radical (unpaired) electrons. The fourth-order valence-corrected chi connectivity index (χ4v) is 1.00. The maximum atomic E-state index is 11.0. The molecule has 1 fully saturated rings. The van der Waals surface area contributed by atoms with Gasteiger partial charge in [0.05, 0.1) is 12.8 Å². The molecule has 0 aromatic carbocycles. The quantitative estimate of drug-likeness (QED) is 0.480. The first-order valence-corrected chi connectivity index (χ1v) is 3.53. The molecule has 1 unspecified atom stereocenters. The summed E-state index contributed by atoms with van der Waals surface area (Å²) in [5, 5.41) is 2.38. The zero-order chi connectivity index (χ0) is 9.14. The van der Waals surface area contributed by atoms with Gasteiger partial charge in [-0.25, -0.2) is 9.69 Å². The van der Waals surface area contributed by atoms with E-state index in [1.165, 1.54) is 6.26 Å². The molecule has 0 aliphatic carbocycles. The molecule has 12 heavy (non-hydrogen) atoms. The summed E-state index contributed by atoms with van der Waals surface area (Å²) in [6.07, 6.45) is 0.612. The van der Waals surface area contributed by atoms with Crippen LogP contribution in [0.4, 0.5) is 4.79 Å². The first-order valence-electron chi connectivity index (χ1n) is 3.53. The highest BCUT2D eigenvalue weighted by Crippen LogP contribution is 2.06. The average Bonchev–Trinajstić information content (AvgIpc) is 2.32. The van der Waals surface area contributed by atoms with Crippen molar-refractivity contribution in [1.82, 2.24) is 10.2 Å². The van der Waals surface area contributed by atoms with Crippen LogP contribution in [0.25, 0.3) is 0 Å². The van der Waals surface area contributed by atoms with Crippen molar-refractivity contribution >= 4 is 11.9 Å². The maximum Gasteiger partial charge on any atom is 0.327 e. The smallest absolute Gasteiger partial charge is 0.327 e. The van der Waals surface area contributed by atoms with Crippen molar-refractivity contribution in [2.45, 2.75) is 13.2 Å². The Hall–Kier alpha value is -1.52. The number of hydrogen-bond acceptors (Lipinski definition) is 3. The highest BCUT2D eigenvalue weighted by molar-refractivity contribution is 6.02. The van der Waals surface area contributed by atoms with Crippen molar-refractivity contribution in [1.29, 1.82) is 0 Å². The van der Waals surface area contributed by atoms with E-state index in [0.717, 1.165) is 4.90 Å². The number of urea groups is 1. The van der Waals surface area contributed by atoms with Gasteiger partial charge in [-0.05, 0) is 6.92 Å². The molecule has 5 nitrogen and oxygen atoms in total. The van der Waals surface area contributed by atoms with Crippen LogP contribution in [0.2, 0.25) is 0 Å². The number of imide groups is 1. The number of ether oxygens (including phenoxy) is 1. The van der Waals surface area contributed by atoms with Crippen molar-refractivity contribution in [3.05, 3.63) is 12.8 Å². The van der Waals surface area contributed by atoms with Crippen molar-refractivity contribution < 1.29 is 14.3 Å². The molecule has 0 aromatic rings. The number of amides is 3. The molecule has 1 saturated heterocycles. The SMILES string of the molecule is C=COC(C)N1C(=O)CNC1=O. The van der Waals surface area contributed by atoms with Crippen LogP contribution in [0.15, 0.2) is 12.8 Å². The standard InChI is InChI=1S/C7H10N2O3/c1-3-12-5(2)9-6(10)4-8-7(9)11/h3,5H,1,4H2,2H3,(H,8,11). The molecule has 0 aromatic heterocycles. The fourth-order valence-electron chi connectivity index (χ4n) is 1.00. The van der Waals surface area contributed by atoms with E-state index >= 15 is 0 Å². The molecule has 0 spiro atoms. The van der Waals surface area contributed by atoms with Gasteiger partial charge in [0.1, 0.15) is 0 Å². The van der Waals surface area contributed by atoms with E-state index < -0.39 is 12.3 Å². The third-order valence-electron chi connectivity index (χ3n) is 1.54. The normalized spacial score (nSPS) is 18.9. The largest absolute Gasteiger partial charge is 0.478 e. The first kappa shape index (κ1) is 8.58. The summed E-state index contributed by atoms with van der Waals surface area (Å²) in [6.45, 7) is 4.98. The lowest BCUT2D eigenvalue weighted by atomic mass is 10.5. The molecule has 0 saturated carbocycles. The highest BCUT2D eigenvalue weighted by atomic mass is 16.5. The van der Waals surface area contributed by atoms with Crippen LogP contribution in [-0.4, -0.2) is 29.6 Å². The van der Waals surface area contributed by atoms with E-state index in [-0.39, 0.29) is 12.5 Å². The number of rotatable bonds is 3. The van der Waals surface area contributed by atoms with Gasteiger partial charge in [0.15, 0.2) is 6.23 Å². The lowest BCUT2D eigenvalue weighted by Crippen LogP contribution is -2.39. The molecule has 1 aliphatic rings. The van der Waals surface area contributed by atoms with Gasteiger partial charge in [-0.2, -0.15) is 0 Å². The van der Waals surface area contributed by atoms with Crippen LogP contribution < -0.4 is 5.32 Å². The topological polar surface area (TPSA) is 58.6 Å². The Morgan fingerprint density at radius 3 is 2.83 bits per heavy atom.